The van der Waals surface area contributed by atoms with Crippen LogP contribution in [-0.2, 0) is 6.42 Å². The van der Waals surface area contributed by atoms with Gasteiger partial charge in [0.2, 0.25) is 0 Å². The summed E-state index contributed by atoms with van der Waals surface area (Å²) in [6, 6.07) is 0.136. The molecule has 2 N–H and O–H groups in total. The van der Waals surface area contributed by atoms with E-state index in [1.54, 1.807) is 22.7 Å². The minimum Gasteiger partial charge on any atom is -0.323 e. The second kappa shape index (κ2) is 3.66. The van der Waals surface area contributed by atoms with Gasteiger partial charge in [0, 0.05) is 16.3 Å². The van der Waals surface area contributed by atoms with Crippen LogP contribution < -0.4 is 5.73 Å². The molecule has 0 aliphatic heterocycles. The molecule has 2 aromatic heterocycles. The van der Waals surface area contributed by atoms with Crippen molar-refractivity contribution in [3.8, 4) is 10.7 Å². The average molecular weight is 237 g/mol. The number of aryl methyl sites for hydroxylation is 1. The van der Waals surface area contributed by atoms with Crippen LogP contribution in [0.25, 0.3) is 10.7 Å². The first kappa shape index (κ1) is 9.45. The smallest absolute Gasteiger partial charge is 0.143 e. The van der Waals surface area contributed by atoms with E-state index in [0.29, 0.717) is 0 Å². The zero-order valence-corrected chi connectivity index (χ0v) is 9.77. The molecule has 78 valence electrons. The Kier molecular flexibility index (Phi) is 2.31. The highest BCUT2D eigenvalue weighted by atomic mass is 32.1. The van der Waals surface area contributed by atoms with Crippen LogP contribution in [0.2, 0.25) is 0 Å². The Morgan fingerprint density at radius 2 is 2.40 bits per heavy atom. The predicted molar refractivity (Wildman–Crippen MR) is 63.1 cm³/mol. The van der Waals surface area contributed by atoms with E-state index in [2.05, 4.69) is 9.97 Å². The van der Waals surface area contributed by atoms with E-state index >= 15 is 0 Å². The van der Waals surface area contributed by atoms with Crippen LogP contribution in [0.3, 0.4) is 0 Å². The summed E-state index contributed by atoms with van der Waals surface area (Å²) in [6.45, 7) is 0. The van der Waals surface area contributed by atoms with E-state index in [9.17, 15) is 0 Å². The highest BCUT2D eigenvalue weighted by Gasteiger charge is 2.22. The normalized spacial score (nSPS) is 20.2. The lowest BCUT2D eigenvalue weighted by Gasteiger charge is -2.15. The molecule has 0 aromatic carbocycles. The molecule has 0 radical (unpaired) electrons. The average Bonchev–Trinajstić information content (AvgIpc) is 2.86. The van der Waals surface area contributed by atoms with Crippen molar-refractivity contribution < 1.29 is 0 Å². The van der Waals surface area contributed by atoms with E-state index in [-0.39, 0.29) is 6.04 Å². The first-order valence-corrected chi connectivity index (χ1v) is 6.74. The second-order valence-electron chi connectivity index (χ2n) is 3.70. The Morgan fingerprint density at radius 3 is 3.13 bits per heavy atom. The minimum atomic E-state index is 0.136. The fourth-order valence-electron chi connectivity index (χ4n) is 1.88. The molecule has 3 nitrogen and oxygen atoms in total. The lowest BCUT2D eigenvalue weighted by molar-refractivity contribution is 0.564. The van der Waals surface area contributed by atoms with Crippen molar-refractivity contribution in [2.24, 2.45) is 5.73 Å². The Bertz CT molecular complexity index is 461. The van der Waals surface area contributed by atoms with Gasteiger partial charge in [-0.05, 0) is 19.3 Å². The van der Waals surface area contributed by atoms with E-state index in [4.69, 9.17) is 5.73 Å². The molecule has 2 heterocycles. The maximum absolute atomic E-state index is 6.04. The molecule has 2 aromatic rings. The molecule has 0 saturated heterocycles. The summed E-state index contributed by atoms with van der Waals surface area (Å²) >= 11 is 3.36. The van der Waals surface area contributed by atoms with Gasteiger partial charge < -0.3 is 5.73 Å². The zero-order valence-electron chi connectivity index (χ0n) is 8.14. The third kappa shape index (κ3) is 1.60. The van der Waals surface area contributed by atoms with Crippen molar-refractivity contribution in [2.75, 3.05) is 0 Å². The summed E-state index contributed by atoms with van der Waals surface area (Å²) in [5.41, 5.74) is 9.98. The van der Waals surface area contributed by atoms with Crippen LogP contribution in [-0.4, -0.2) is 9.97 Å². The fraction of sp³-hybridized carbons (Fsp3) is 0.400. The van der Waals surface area contributed by atoms with Gasteiger partial charge >= 0.3 is 0 Å². The molecule has 1 unspecified atom stereocenters. The molecular weight excluding hydrogens is 226 g/mol. The molecular formula is C10H11N3S2. The van der Waals surface area contributed by atoms with Crippen LogP contribution in [0.5, 0.6) is 0 Å². The topological polar surface area (TPSA) is 51.8 Å². The SMILES string of the molecule is NC1CCCc2sc(-c3cscn3)nc21. The zero-order chi connectivity index (χ0) is 10.3. The molecule has 0 bridgehead atoms. The Labute approximate surface area is 96.0 Å². The van der Waals surface area contributed by atoms with Crippen molar-refractivity contribution in [3.63, 3.8) is 0 Å². The number of hydrogen-bond donors (Lipinski definition) is 1. The monoisotopic (exact) mass is 237 g/mol. The third-order valence-corrected chi connectivity index (χ3v) is 4.39. The Morgan fingerprint density at radius 1 is 1.47 bits per heavy atom. The summed E-state index contributed by atoms with van der Waals surface area (Å²) in [7, 11) is 0. The van der Waals surface area contributed by atoms with Crippen molar-refractivity contribution >= 4 is 22.7 Å². The van der Waals surface area contributed by atoms with Gasteiger partial charge in [0.15, 0.2) is 0 Å². The van der Waals surface area contributed by atoms with Crippen LogP contribution in [0.1, 0.15) is 29.5 Å². The molecule has 0 spiro atoms. The van der Waals surface area contributed by atoms with Gasteiger partial charge in [0.1, 0.15) is 10.7 Å². The number of rotatable bonds is 1. The number of fused-ring (bicyclic) bond motifs is 1. The first-order valence-electron chi connectivity index (χ1n) is 4.98. The number of hydrogen-bond acceptors (Lipinski definition) is 5. The predicted octanol–water partition coefficient (Wildman–Crippen LogP) is 2.60. The first-order chi connectivity index (χ1) is 7.34. The van der Waals surface area contributed by atoms with Gasteiger partial charge in [-0.15, -0.1) is 22.7 Å². The standard InChI is InChI=1S/C10H11N3S2/c11-6-2-1-3-8-9(6)13-10(15-8)7-4-14-5-12-7/h4-6H,1-3,11H2. The summed E-state index contributed by atoms with van der Waals surface area (Å²) in [5.74, 6) is 0. The molecule has 1 aliphatic rings. The molecule has 5 heteroatoms. The number of nitrogens with zero attached hydrogens (tertiary/aromatic N) is 2. The van der Waals surface area contributed by atoms with E-state index < -0.39 is 0 Å². The molecule has 0 amide bonds. The van der Waals surface area contributed by atoms with Crippen molar-refractivity contribution in [2.45, 2.75) is 25.3 Å². The molecule has 3 rings (SSSR count). The number of thiazole rings is 2. The van der Waals surface area contributed by atoms with E-state index in [0.717, 1.165) is 29.2 Å². The lowest BCUT2D eigenvalue weighted by Crippen LogP contribution is -2.16. The summed E-state index contributed by atoms with van der Waals surface area (Å²) in [5, 5.41) is 3.06. The van der Waals surface area contributed by atoms with Crippen LogP contribution >= 0.6 is 22.7 Å². The quantitative estimate of drug-likeness (QED) is 0.829. The Balaban J connectivity index is 2.06. The molecule has 15 heavy (non-hydrogen) atoms. The Hall–Kier alpha value is -0.780. The summed E-state index contributed by atoms with van der Waals surface area (Å²) in [6.07, 6.45) is 3.38. The van der Waals surface area contributed by atoms with Crippen LogP contribution in [0.15, 0.2) is 10.9 Å². The van der Waals surface area contributed by atoms with E-state index in [1.807, 2.05) is 10.9 Å². The number of nitrogens with two attached hydrogens (primary N) is 1. The molecule has 0 saturated carbocycles. The van der Waals surface area contributed by atoms with E-state index in [1.165, 1.54) is 11.3 Å². The van der Waals surface area contributed by atoms with Crippen LogP contribution in [0.4, 0.5) is 0 Å². The molecule has 1 aliphatic carbocycles. The maximum Gasteiger partial charge on any atom is 0.143 e. The fourth-order valence-corrected chi connectivity index (χ4v) is 3.63. The van der Waals surface area contributed by atoms with Gasteiger partial charge in [-0.2, -0.15) is 0 Å². The van der Waals surface area contributed by atoms with Gasteiger partial charge in [0.05, 0.1) is 11.2 Å². The minimum absolute atomic E-state index is 0.136. The van der Waals surface area contributed by atoms with Crippen molar-refractivity contribution in [1.29, 1.82) is 0 Å². The highest BCUT2D eigenvalue weighted by molar-refractivity contribution is 7.15. The second-order valence-corrected chi connectivity index (χ2v) is 5.50. The van der Waals surface area contributed by atoms with Gasteiger partial charge in [-0.25, -0.2) is 9.97 Å². The van der Waals surface area contributed by atoms with Gasteiger partial charge in [0.25, 0.3) is 0 Å². The summed E-state index contributed by atoms with van der Waals surface area (Å²) < 4.78 is 0. The third-order valence-electron chi connectivity index (χ3n) is 2.65. The highest BCUT2D eigenvalue weighted by Crippen LogP contribution is 2.35. The van der Waals surface area contributed by atoms with Crippen molar-refractivity contribution in [1.82, 2.24) is 9.97 Å². The van der Waals surface area contributed by atoms with Gasteiger partial charge in [-0.3, -0.25) is 0 Å². The van der Waals surface area contributed by atoms with Crippen molar-refractivity contribution in [3.05, 3.63) is 21.5 Å². The maximum atomic E-state index is 6.04. The number of aromatic nitrogens is 2. The summed E-state index contributed by atoms with van der Waals surface area (Å²) in [4.78, 5) is 10.3. The van der Waals surface area contributed by atoms with Crippen LogP contribution in [0, 0.1) is 0 Å². The molecule has 0 fully saturated rings. The largest absolute Gasteiger partial charge is 0.323 e. The molecule has 1 atom stereocenters. The lowest BCUT2D eigenvalue weighted by atomic mass is 9.99. The van der Waals surface area contributed by atoms with Gasteiger partial charge in [-0.1, -0.05) is 0 Å².